The lowest BCUT2D eigenvalue weighted by Crippen LogP contribution is -2.45. The number of hydrogen-bond donors (Lipinski definition) is 0. The third kappa shape index (κ3) is 5.75. The van der Waals surface area contributed by atoms with E-state index in [2.05, 4.69) is 29.4 Å². The highest BCUT2D eigenvalue weighted by molar-refractivity contribution is 5.75. The van der Waals surface area contributed by atoms with Gasteiger partial charge in [-0.3, -0.25) is 14.6 Å². The lowest BCUT2D eigenvalue weighted by Gasteiger charge is -2.50. The third-order valence-corrected chi connectivity index (χ3v) is 9.71. The minimum Gasteiger partial charge on any atom is -0.493 e. The van der Waals surface area contributed by atoms with Crippen molar-refractivity contribution in [3.05, 3.63) is 35.9 Å². The molecule has 5 atom stereocenters. The summed E-state index contributed by atoms with van der Waals surface area (Å²) in [6.07, 6.45) is 6.64. The first kappa shape index (κ1) is 27.5. The van der Waals surface area contributed by atoms with E-state index in [4.69, 9.17) is 18.9 Å². The first-order chi connectivity index (χ1) is 18.4. The quantitative estimate of drug-likeness (QED) is 0.328. The summed E-state index contributed by atoms with van der Waals surface area (Å²) in [4.78, 5) is 18.2. The van der Waals surface area contributed by atoms with Crippen LogP contribution < -0.4 is 9.47 Å². The normalized spacial score (nSPS) is 31.6. The van der Waals surface area contributed by atoms with Gasteiger partial charge in [0.05, 0.1) is 33.4 Å². The molecule has 4 aliphatic rings. The highest BCUT2D eigenvalue weighted by Gasteiger charge is 2.55. The molecular formula is C31H46N2O5. The van der Waals surface area contributed by atoms with E-state index < -0.39 is 0 Å². The molecule has 5 rings (SSSR count). The Morgan fingerprint density at radius 2 is 2.03 bits per heavy atom. The number of carbonyl (C=O) groups excluding carboxylic acids is 1. The molecule has 2 saturated carbocycles. The minimum atomic E-state index is -0.0979. The highest BCUT2D eigenvalue weighted by atomic mass is 16.6. The van der Waals surface area contributed by atoms with Crippen molar-refractivity contribution in [1.29, 1.82) is 0 Å². The summed E-state index contributed by atoms with van der Waals surface area (Å²) in [6, 6.07) is 6.05. The Hall–Kier alpha value is -2.09. The van der Waals surface area contributed by atoms with Gasteiger partial charge in [0.2, 0.25) is 0 Å². The van der Waals surface area contributed by atoms with Gasteiger partial charge in [-0.25, -0.2) is 0 Å². The van der Waals surface area contributed by atoms with E-state index in [1.807, 2.05) is 12.1 Å². The van der Waals surface area contributed by atoms with Gasteiger partial charge in [-0.1, -0.05) is 31.2 Å². The maximum Gasteiger partial charge on any atom is 0.310 e. The first-order valence-electron chi connectivity index (χ1n) is 14.5. The standard InChI is InChI=1S/C31H46N2O5/c1-22-8-6-11-31(2)19-28-24(18-26(22)31)25(30(34)38-28)21-33(13-7-12-32-14-16-37-17-15-32)20-23-9-5-10-27(35-3)29(23)36-4/h5,9-10,24-26,28H,1,6-8,11-21H2,2-4H3/t24-,25+,26+,28+,31+/m0/s1. The van der Waals surface area contributed by atoms with Crippen LogP contribution in [0, 0.1) is 23.2 Å². The van der Waals surface area contributed by atoms with Crippen LogP contribution in [0.15, 0.2) is 30.4 Å². The van der Waals surface area contributed by atoms with Crippen LogP contribution in [0.4, 0.5) is 0 Å². The van der Waals surface area contributed by atoms with E-state index >= 15 is 0 Å². The number of ether oxygens (including phenoxy) is 4. The van der Waals surface area contributed by atoms with Gasteiger partial charge in [-0.15, -0.1) is 0 Å². The zero-order chi connectivity index (χ0) is 26.7. The molecule has 2 aliphatic carbocycles. The smallest absolute Gasteiger partial charge is 0.310 e. The van der Waals surface area contributed by atoms with Crippen molar-refractivity contribution in [2.24, 2.45) is 23.2 Å². The number of carbonyl (C=O) groups is 1. The molecular weight excluding hydrogens is 480 g/mol. The Kier molecular flexibility index (Phi) is 8.65. The van der Waals surface area contributed by atoms with E-state index in [1.165, 1.54) is 18.4 Å². The maximum absolute atomic E-state index is 13.3. The number of rotatable bonds is 10. The number of fused-ring (bicyclic) bond motifs is 2. The maximum atomic E-state index is 13.3. The Morgan fingerprint density at radius 1 is 1.21 bits per heavy atom. The Labute approximate surface area is 228 Å². The summed E-state index contributed by atoms with van der Waals surface area (Å²) in [5.41, 5.74) is 2.69. The zero-order valence-electron chi connectivity index (χ0n) is 23.6. The van der Waals surface area contributed by atoms with Crippen LogP contribution in [0.1, 0.15) is 51.0 Å². The molecule has 38 heavy (non-hydrogen) atoms. The summed E-state index contributed by atoms with van der Waals surface area (Å²) >= 11 is 0. The van der Waals surface area contributed by atoms with Crippen LogP contribution in [-0.4, -0.2) is 82.0 Å². The summed E-state index contributed by atoms with van der Waals surface area (Å²) in [5.74, 6) is 2.17. The van der Waals surface area contributed by atoms with E-state index in [9.17, 15) is 4.79 Å². The number of morpholine rings is 1. The number of nitrogens with zero attached hydrogens (tertiary/aromatic N) is 2. The fraction of sp³-hybridized carbons (Fsp3) is 0.710. The van der Waals surface area contributed by atoms with Gasteiger partial charge in [0.15, 0.2) is 11.5 Å². The first-order valence-corrected chi connectivity index (χ1v) is 14.5. The molecule has 210 valence electrons. The Morgan fingerprint density at radius 3 is 2.79 bits per heavy atom. The van der Waals surface area contributed by atoms with Gasteiger partial charge >= 0.3 is 5.97 Å². The van der Waals surface area contributed by atoms with Crippen molar-refractivity contribution in [2.45, 2.75) is 58.1 Å². The predicted molar refractivity (Wildman–Crippen MR) is 147 cm³/mol. The van der Waals surface area contributed by atoms with E-state index in [0.717, 1.165) is 82.1 Å². The molecule has 2 aliphatic heterocycles. The van der Waals surface area contributed by atoms with Gasteiger partial charge in [-0.2, -0.15) is 0 Å². The van der Waals surface area contributed by atoms with Gasteiger partial charge < -0.3 is 18.9 Å². The summed E-state index contributed by atoms with van der Waals surface area (Å²) in [7, 11) is 3.37. The van der Waals surface area contributed by atoms with Crippen LogP contribution in [0.25, 0.3) is 0 Å². The van der Waals surface area contributed by atoms with Crippen LogP contribution in [0.2, 0.25) is 0 Å². The Bertz CT molecular complexity index is 992. The largest absolute Gasteiger partial charge is 0.493 e. The number of methoxy groups -OCH3 is 2. The van der Waals surface area contributed by atoms with Gasteiger partial charge in [0.25, 0.3) is 0 Å². The Balaban J connectivity index is 1.32. The van der Waals surface area contributed by atoms with Gasteiger partial charge in [0.1, 0.15) is 6.10 Å². The molecule has 0 aromatic heterocycles. The molecule has 0 amide bonds. The molecule has 0 unspecified atom stereocenters. The molecule has 0 N–H and O–H groups in total. The van der Waals surface area contributed by atoms with E-state index in [-0.39, 0.29) is 29.3 Å². The second-order valence-electron chi connectivity index (χ2n) is 12.1. The summed E-state index contributed by atoms with van der Waals surface area (Å²) < 4.78 is 22.9. The molecule has 0 spiro atoms. The molecule has 1 aromatic carbocycles. The topological polar surface area (TPSA) is 60.5 Å². The van der Waals surface area contributed by atoms with Crippen molar-refractivity contribution < 1.29 is 23.7 Å². The SMILES string of the molecule is C=C1CCC[C@]2(C)C[C@H]3OC(=O)[C@H](CN(CCCN4CCOCC4)Cc4cccc(OC)c4OC)[C@@H]3C[C@H]12. The molecule has 7 heteroatoms. The average molecular weight is 527 g/mol. The molecule has 2 heterocycles. The molecule has 0 radical (unpaired) electrons. The molecule has 2 saturated heterocycles. The molecule has 4 fully saturated rings. The summed E-state index contributed by atoms with van der Waals surface area (Å²) in [6.45, 7) is 13.8. The molecule has 1 aromatic rings. The van der Waals surface area contributed by atoms with Crippen molar-refractivity contribution >= 4 is 5.97 Å². The lowest BCUT2D eigenvalue weighted by atomic mass is 9.55. The number of allylic oxidation sites excluding steroid dienone is 1. The number of hydrogen-bond acceptors (Lipinski definition) is 7. The average Bonchev–Trinajstić information content (AvgIpc) is 3.20. The van der Waals surface area contributed by atoms with Crippen molar-refractivity contribution in [3.8, 4) is 11.5 Å². The number of esters is 1. The third-order valence-electron chi connectivity index (χ3n) is 9.71. The molecule has 7 nitrogen and oxygen atoms in total. The number of benzene rings is 1. The van der Waals surface area contributed by atoms with Gasteiger partial charge in [0, 0.05) is 37.7 Å². The van der Waals surface area contributed by atoms with Crippen molar-refractivity contribution in [3.63, 3.8) is 0 Å². The van der Waals surface area contributed by atoms with E-state index in [1.54, 1.807) is 14.2 Å². The lowest BCUT2D eigenvalue weighted by molar-refractivity contribution is -0.146. The second-order valence-corrected chi connectivity index (χ2v) is 12.1. The van der Waals surface area contributed by atoms with Crippen LogP contribution in [0.3, 0.4) is 0 Å². The minimum absolute atomic E-state index is 0.0105. The molecule has 0 bridgehead atoms. The van der Waals surface area contributed by atoms with Crippen molar-refractivity contribution in [1.82, 2.24) is 9.80 Å². The monoisotopic (exact) mass is 526 g/mol. The fourth-order valence-electron chi connectivity index (χ4n) is 7.64. The number of para-hydroxylation sites is 1. The van der Waals surface area contributed by atoms with Crippen LogP contribution in [0.5, 0.6) is 11.5 Å². The van der Waals surface area contributed by atoms with E-state index in [0.29, 0.717) is 19.0 Å². The predicted octanol–water partition coefficient (Wildman–Crippen LogP) is 4.54. The second kappa shape index (κ2) is 12.0. The highest BCUT2D eigenvalue weighted by Crippen LogP contribution is 2.57. The van der Waals surface area contributed by atoms with Crippen LogP contribution in [-0.2, 0) is 20.8 Å². The van der Waals surface area contributed by atoms with Crippen molar-refractivity contribution in [2.75, 3.05) is 60.2 Å². The fourth-order valence-corrected chi connectivity index (χ4v) is 7.64. The zero-order valence-corrected chi connectivity index (χ0v) is 23.6. The summed E-state index contributed by atoms with van der Waals surface area (Å²) in [5, 5.41) is 0. The van der Waals surface area contributed by atoms with Gasteiger partial charge in [-0.05, 0) is 69.0 Å². The van der Waals surface area contributed by atoms with Crippen LogP contribution >= 0.6 is 0 Å².